The second-order valence-electron chi connectivity index (χ2n) is 9.47. The monoisotopic (exact) mass is 520 g/mol. The predicted molar refractivity (Wildman–Crippen MR) is 150 cm³/mol. The molecule has 0 N–H and O–H groups in total. The van der Waals surface area contributed by atoms with Crippen LogP contribution in [0.2, 0.25) is 0 Å². The van der Waals surface area contributed by atoms with Crippen LogP contribution in [0, 0.1) is 12.1 Å². The maximum Gasteiger partial charge on any atom is 0.119 e. The van der Waals surface area contributed by atoms with Crippen molar-refractivity contribution in [2.75, 3.05) is 78.9 Å². The largest absolute Gasteiger partial charge is 0.494 e. The van der Waals surface area contributed by atoms with E-state index < -0.39 is 0 Å². The summed E-state index contributed by atoms with van der Waals surface area (Å²) >= 11 is 0. The molecule has 2 heterocycles. The smallest absolute Gasteiger partial charge is 0.119 e. The molecule has 0 aromatic heterocycles. The van der Waals surface area contributed by atoms with Gasteiger partial charge in [0.15, 0.2) is 0 Å². The Hall–Kier alpha value is -2.78. The Bertz CT molecular complexity index is 874. The standard InChI is InChI=1S/C30H40N4O4/c1(13-33-15-21-35-22-16-33)3-19-37-29-9-5-27(6-10-29)25-31-32-26-28-7-11-30(12-8-28)38-20-4-2-14-34-17-23-36-24-18-34/h5,7,9-12,25-26H,1-4,13-24H2/b31-25+,32-26?. The van der Waals surface area contributed by atoms with Gasteiger partial charge in [-0.05, 0) is 87.3 Å². The molecule has 204 valence electrons. The molecule has 2 saturated heterocycles. The number of nitrogens with zero attached hydrogens (tertiary/aromatic N) is 4. The Morgan fingerprint density at radius 2 is 1.11 bits per heavy atom. The molecule has 0 atom stereocenters. The van der Waals surface area contributed by atoms with Crippen LogP contribution in [-0.2, 0) is 9.47 Å². The Morgan fingerprint density at radius 3 is 1.50 bits per heavy atom. The molecule has 38 heavy (non-hydrogen) atoms. The van der Waals surface area contributed by atoms with E-state index in [0.717, 1.165) is 114 Å². The van der Waals surface area contributed by atoms with Gasteiger partial charge in [0, 0.05) is 37.3 Å². The maximum absolute atomic E-state index is 5.84. The fourth-order valence-corrected chi connectivity index (χ4v) is 4.28. The lowest BCUT2D eigenvalue weighted by atomic mass is 10.2. The van der Waals surface area contributed by atoms with Gasteiger partial charge in [-0.3, -0.25) is 9.80 Å². The zero-order chi connectivity index (χ0) is 26.1. The van der Waals surface area contributed by atoms with E-state index in [-0.39, 0.29) is 0 Å². The minimum absolute atomic E-state index is 0.713. The van der Waals surface area contributed by atoms with Crippen molar-refractivity contribution in [2.45, 2.75) is 25.7 Å². The minimum Gasteiger partial charge on any atom is -0.494 e. The Balaban J connectivity index is 1.07. The van der Waals surface area contributed by atoms with E-state index >= 15 is 0 Å². The van der Waals surface area contributed by atoms with Crippen molar-refractivity contribution in [3.05, 3.63) is 59.7 Å². The summed E-state index contributed by atoms with van der Waals surface area (Å²) in [6.45, 7) is 11.2. The summed E-state index contributed by atoms with van der Waals surface area (Å²) in [6, 6.07) is 17.8. The Labute approximate surface area is 227 Å². The van der Waals surface area contributed by atoms with Crippen LogP contribution in [0.5, 0.6) is 11.5 Å². The molecule has 2 aliphatic rings. The summed E-state index contributed by atoms with van der Waals surface area (Å²) in [4.78, 5) is 4.90. The van der Waals surface area contributed by atoms with Gasteiger partial charge in [0.25, 0.3) is 0 Å². The average molecular weight is 521 g/mol. The molecule has 0 amide bonds. The molecule has 0 spiro atoms. The molecular weight excluding hydrogens is 480 g/mol. The number of morpholine rings is 2. The highest BCUT2D eigenvalue weighted by atomic mass is 16.5. The molecule has 2 aromatic carbocycles. The van der Waals surface area contributed by atoms with Crippen molar-refractivity contribution in [3.63, 3.8) is 0 Å². The molecule has 0 unspecified atom stereocenters. The predicted octanol–water partition coefficient (Wildman–Crippen LogP) is 3.72. The van der Waals surface area contributed by atoms with E-state index in [1.54, 1.807) is 12.4 Å². The van der Waals surface area contributed by atoms with Crippen LogP contribution in [-0.4, -0.2) is 101 Å². The Morgan fingerprint density at radius 1 is 0.658 bits per heavy atom. The Kier molecular flexibility index (Phi) is 12.6. The average Bonchev–Trinajstić information content (AvgIpc) is 2.97. The number of hydrogen-bond acceptors (Lipinski definition) is 8. The molecule has 0 saturated carbocycles. The molecule has 2 radical (unpaired) electrons. The van der Waals surface area contributed by atoms with Crippen molar-refractivity contribution >= 4 is 12.4 Å². The summed E-state index contributed by atoms with van der Waals surface area (Å²) in [5, 5.41) is 8.25. The molecule has 8 nitrogen and oxygen atoms in total. The number of ether oxygens (including phenoxy) is 4. The van der Waals surface area contributed by atoms with Crippen LogP contribution in [0.3, 0.4) is 0 Å². The molecule has 2 aliphatic heterocycles. The fraction of sp³-hybridized carbons (Fsp3) is 0.533. The maximum atomic E-state index is 5.84. The van der Waals surface area contributed by atoms with Crippen molar-refractivity contribution in [3.8, 4) is 11.5 Å². The quantitative estimate of drug-likeness (QED) is 0.203. The second kappa shape index (κ2) is 16.9. The highest BCUT2D eigenvalue weighted by Crippen LogP contribution is 2.13. The molecule has 4 rings (SSSR count). The number of unbranched alkanes of at least 4 members (excludes halogenated alkanes) is 2. The summed E-state index contributed by atoms with van der Waals surface area (Å²) in [6.07, 6.45) is 7.70. The molecule has 2 fully saturated rings. The third-order valence-corrected chi connectivity index (χ3v) is 6.56. The third-order valence-electron chi connectivity index (χ3n) is 6.56. The van der Waals surface area contributed by atoms with Crippen molar-refractivity contribution in [2.24, 2.45) is 10.2 Å². The van der Waals surface area contributed by atoms with Crippen LogP contribution in [0.15, 0.2) is 46.6 Å². The van der Waals surface area contributed by atoms with E-state index in [4.69, 9.17) is 18.9 Å². The van der Waals surface area contributed by atoms with Gasteiger partial charge < -0.3 is 18.9 Å². The molecular formula is C30H40N4O4. The highest BCUT2D eigenvalue weighted by Gasteiger charge is 2.10. The van der Waals surface area contributed by atoms with E-state index in [9.17, 15) is 0 Å². The van der Waals surface area contributed by atoms with Gasteiger partial charge in [0.05, 0.1) is 52.1 Å². The first-order valence-corrected chi connectivity index (χ1v) is 13.8. The lowest BCUT2D eigenvalue weighted by Gasteiger charge is -2.26. The second-order valence-corrected chi connectivity index (χ2v) is 9.47. The molecule has 0 bridgehead atoms. The van der Waals surface area contributed by atoms with E-state index in [2.05, 4.69) is 32.1 Å². The minimum atomic E-state index is 0.713. The number of rotatable bonds is 15. The molecule has 0 aliphatic carbocycles. The SMILES string of the molecule is [c]1cc(OCCCCN2CCOCC2)ccc1C=N/N=C/c1[c]cc(OCCCCN2CCOCC2)cc1. The van der Waals surface area contributed by atoms with Gasteiger partial charge in [0.2, 0.25) is 0 Å². The van der Waals surface area contributed by atoms with E-state index in [1.165, 1.54) is 0 Å². The number of benzene rings is 2. The summed E-state index contributed by atoms with van der Waals surface area (Å²) < 4.78 is 22.4. The zero-order valence-corrected chi connectivity index (χ0v) is 22.4. The van der Waals surface area contributed by atoms with E-state index in [1.807, 2.05) is 36.4 Å². The van der Waals surface area contributed by atoms with Gasteiger partial charge in [-0.15, -0.1) is 0 Å². The van der Waals surface area contributed by atoms with Gasteiger partial charge in [-0.2, -0.15) is 10.2 Å². The van der Waals surface area contributed by atoms with Gasteiger partial charge in [-0.25, -0.2) is 0 Å². The van der Waals surface area contributed by atoms with Crippen LogP contribution in [0.4, 0.5) is 0 Å². The van der Waals surface area contributed by atoms with Gasteiger partial charge in [0.1, 0.15) is 11.5 Å². The zero-order valence-electron chi connectivity index (χ0n) is 22.4. The first-order valence-electron chi connectivity index (χ1n) is 13.8. The van der Waals surface area contributed by atoms with Crippen LogP contribution in [0.25, 0.3) is 0 Å². The lowest BCUT2D eigenvalue weighted by Crippen LogP contribution is -2.36. The fourth-order valence-electron chi connectivity index (χ4n) is 4.28. The van der Waals surface area contributed by atoms with E-state index in [0.29, 0.717) is 13.2 Å². The van der Waals surface area contributed by atoms with Crippen LogP contribution < -0.4 is 9.47 Å². The van der Waals surface area contributed by atoms with Crippen molar-refractivity contribution in [1.82, 2.24) is 9.80 Å². The summed E-state index contributed by atoms with van der Waals surface area (Å²) in [7, 11) is 0. The van der Waals surface area contributed by atoms with Crippen LogP contribution in [0.1, 0.15) is 36.8 Å². The van der Waals surface area contributed by atoms with Crippen molar-refractivity contribution < 1.29 is 18.9 Å². The van der Waals surface area contributed by atoms with Crippen LogP contribution >= 0.6 is 0 Å². The first-order chi connectivity index (χ1) is 18.8. The summed E-state index contributed by atoms with van der Waals surface area (Å²) in [5.74, 6) is 1.65. The normalized spacial score (nSPS) is 17.4. The van der Waals surface area contributed by atoms with Gasteiger partial charge >= 0.3 is 0 Å². The van der Waals surface area contributed by atoms with Gasteiger partial charge in [-0.1, -0.05) is 0 Å². The number of hydrogen-bond donors (Lipinski definition) is 0. The highest BCUT2D eigenvalue weighted by molar-refractivity contribution is 5.82. The topological polar surface area (TPSA) is 68.1 Å². The molecule has 2 aromatic rings. The first kappa shape index (κ1) is 28.2. The lowest BCUT2D eigenvalue weighted by molar-refractivity contribution is 0.0367. The van der Waals surface area contributed by atoms with Crippen molar-refractivity contribution in [1.29, 1.82) is 0 Å². The molecule has 8 heteroatoms. The third kappa shape index (κ3) is 10.9. The summed E-state index contributed by atoms with van der Waals surface area (Å²) in [5.41, 5.74) is 1.70.